The van der Waals surface area contributed by atoms with E-state index in [2.05, 4.69) is 57.3 Å². The Balaban J connectivity index is 2.02. The van der Waals surface area contributed by atoms with Crippen LogP contribution in [-0.4, -0.2) is 12.6 Å². The number of nitrogens with one attached hydrogen (secondary N) is 1. The average Bonchev–Trinajstić information content (AvgIpc) is 2.32. The molecule has 0 spiro atoms. The highest BCUT2D eigenvalue weighted by atomic mass is 14.9. The molecule has 2 atom stereocenters. The van der Waals surface area contributed by atoms with Crippen LogP contribution >= 0.6 is 0 Å². The molecule has 1 heterocycles. The van der Waals surface area contributed by atoms with E-state index in [1.807, 2.05) is 0 Å². The molecule has 0 radical (unpaired) electrons. The van der Waals surface area contributed by atoms with E-state index in [1.54, 1.807) is 0 Å². The van der Waals surface area contributed by atoms with Crippen molar-refractivity contribution in [2.75, 3.05) is 6.54 Å². The monoisotopic (exact) mass is 245 g/mol. The van der Waals surface area contributed by atoms with Crippen LogP contribution in [0.25, 0.3) is 0 Å². The van der Waals surface area contributed by atoms with Crippen LogP contribution in [0.3, 0.4) is 0 Å². The van der Waals surface area contributed by atoms with Crippen LogP contribution in [-0.2, 0) is 11.8 Å². The predicted molar refractivity (Wildman–Crippen MR) is 79.0 cm³/mol. The fourth-order valence-electron chi connectivity index (χ4n) is 2.78. The summed E-state index contributed by atoms with van der Waals surface area (Å²) in [5, 5.41) is 3.66. The zero-order valence-corrected chi connectivity index (χ0v) is 12.3. The maximum atomic E-state index is 3.66. The second kappa shape index (κ2) is 5.44. The molecule has 1 saturated heterocycles. The highest BCUT2D eigenvalue weighted by molar-refractivity contribution is 5.28. The number of hydrogen-bond acceptors (Lipinski definition) is 1. The first-order valence-electron chi connectivity index (χ1n) is 7.29. The Morgan fingerprint density at radius 3 is 2.39 bits per heavy atom. The van der Waals surface area contributed by atoms with Crippen LogP contribution < -0.4 is 5.32 Å². The van der Waals surface area contributed by atoms with E-state index < -0.39 is 0 Å². The molecule has 1 aromatic carbocycles. The van der Waals surface area contributed by atoms with Gasteiger partial charge in [0.2, 0.25) is 0 Å². The van der Waals surface area contributed by atoms with E-state index in [1.165, 1.54) is 36.9 Å². The van der Waals surface area contributed by atoms with Gasteiger partial charge in [-0.05, 0) is 48.3 Å². The quantitative estimate of drug-likeness (QED) is 0.833. The van der Waals surface area contributed by atoms with Crippen molar-refractivity contribution in [3.8, 4) is 0 Å². The second-order valence-corrected chi connectivity index (χ2v) is 6.83. The third-order valence-electron chi connectivity index (χ3n) is 4.21. The van der Waals surface area contributed by atoms with Crippen LogP contribution in [0.1, 0.15) is 51.7 Å². The van der Waals surface area contributed by atoms with E-state index in [4.69, 9.17) is 0 Å². The summed E-state index contributed by atoms with van der Waals surface area (Å²) in [6, 6.07) is 9.87. The van der Waals surface area contributed by atoms with Crippen molar-refractivity contribution >= 4 is 0 Å². The first kappa shape index (κ1) is 13.6. The van der Waals surface area contributed by atoms with E-state index in [-0.39, 0.29) is 5.41 Å². The maximum Gasteiger partial charge on any atom is 0.0133 e. The minimum Gasteiger partial charge on any atom is -0.313 e. The largest absolute Gasteiger partial charge is 0.313 e. The smallest absolute Gasteiger partial charge is 0.0133 e. The molecule has 18 heavy (non-hydrogen) atoms. The molecule has 1 N–H and O–H groups in total. The van der Waals surface area contributed by atoms with E-state index >= 15 is 0 Å². The lowest BCUT2D eigenvalue weighted by Crippen LogP contribution is -2.41. The van der Waals surface area contributed by atoms with Gasteiger partial charge in [-0.25, -0.2) is 0 Å². The van der Waals surface area contributed by atoms with Gasteiger partial charge in [0.1, 0.15) is 0 Å². The van der Waals surface area contributed by atoms with E-state index in [0.717, 1.165) is 5.92 Å². The summed E-state index contributed by atoms with van der Waals surface area (Å²) < 4.78 is 0. The number of rotatable bonds is 2. The molecule has 0 aliphatic carbocycles. The average molecular weight is 245 g/mol. The fourth-order valence-corrected chi connectivity index (χ4v) is 2.78. The summed E-state index contributed by atoms with van der Waals surface area (Å²) in [7, 11) is 0. The van der Waals surface area contributed by atoms with Gasteiger partial charge in [0.25, 0.3) is 0 Å². The molecule has 1 aliphatic rings. The minimum atomic E-state index is 0.259. The molecule has 1 heteroatoms. The normalized spacial score (nSPS) is 25.1. The summed E-state index contributed by atoms with van der Waals surface area (Å²) in [4.78, 5) is 0. The summed E-state index contributed by atoms with van der Waals surface area (Å²) in [6.07, 6.45) is 3.88. The maximum absolute atomic E-state index is 3.66. The van der Waals surface area contributed by atoms with Gasteiger partial charge in [0.15, 0.2) is 0 Å². The van der Waals surface area contributed by atoms with Gasteiger partial charge in [0.05, 0.1) is 0 Å². The van der Waals surface area contributed by atoms with Crippen LogP contribution in [0.2, 0.25) is 0 Å². The van der Waals surface area contributed by atoms with Crippen molar-refractivity contribution in [1.82, 2.24) is 5.32 Å². The summed E-state index contributed by atoms with van der Waals surface area (Å²) in [6.45, 7) is 10.4. The third kappa shape index (κ3) is 3.35. The predicted octanol–water partition coefficient (Wildman–Crippen LogP) is 3.91. The van der Waals surface area contributed by atoms with Gasteiger partial charge in [-0.3, -0.25) is 0 Å². The minimum absolute atomic E-state index is 0.259. The molecule has 1 aromatic rings. The van der Waals surface area contributed by atoms with Crippen molar-refractivity contribution in [2.24, 2.45) is 5.92 Å². The molecule has 0 saturated carbocycles. The number of benzene rings is 1. The van der Waals surface area contributed by atoms with Crippen molar-refractivity contribution in [3.05, 3.63) is 35.4 Å². The highest BCUT2D eigenvalue weighted by Gasteiger charge is 2.21. The van der Waals surface area contributed by atoms with Gasteiger partial charge < -0.3 is 5.32 Å². The van der Waals surface area contributed by atoms with E-state index in [0.29, 0.717) is 6.04 Å². The summed E-state index contributed by atoms with van der Waals surface area (Å²) in [5.41, 5.74) is 3.15. The Kier molecular flexibility index (Phi) is 4.11. The lowest BCUT2D eigenvalue weighted by atomic mass is 9.85. The standard InChI is InChI=1S/C17H27N/c1-13-6-5-11-18-16(13)12-14-7-9-15(10-8-14)17(2,3)4/h7-10,13,16,18H,5-6,11-12H2,1-4H3. The SMILES string of the molecule is CC1CCCNC1Cc1ccc(C(C)(C)C)cc1. The fraction of sp³-hybridized carbons (Fsp3) is 0.647. The Labute approximate surface area is 112 Å². The summed E-state index contributed by atoms with van der Waals surface area (Å²) in [5.74, 6) is 0.807. The highest BCUT2D eigenvalue weighted by Crippen LogP contribution is 2.24. The molecule has 0 bridgehead atoms. The zero-order chi connectivity index (χ0) is 13.2. The lowest BCUT2D eigenvalue weighted by Gasteiger charge is -2.30. The van der Waals surface area contributed by atoms with Crippen molar-refractivity contribution in [2.45, 2.75) is 58.4 Å². The zero-order valence-electron chi connectivity index (χ0n) is 12.3. The Bertz CT molecular complexity index is 372. The van der Waals surface area contributed by atoms with E-state index in [9.17, 15) is 0 Å². The van der Waals surface area contributed by atoms with Gasteiger partial charge in [0, 0.05) is 6.04 Å². The van der Waals surface area contributed by atoms with Gasteiger partial charge >= 0.3 is 0 Å². The van der Waals surface area contributed by atoms with Crippen LogP contribution in [0.15, 0.2) is 24.3 Å². The molecular weight excluding hydrogens is 218 g/mol. The van der Waals surface area contributed by atoms with Crippen molar-refractivity contribution < 1.29 is 0 Å². The first-order chi connectivity index (χ1) is 8.47. The Morgan fingerprint density at radius 1 is 1.17 bits per heavy atom. The van der Waals surface area contributed by atoms with Gasteiger partial charge in [-0.15, -0.1) is 0 Å². The molecule has 1 aliphatic heterocycles. The third-order valence-corrected chi connectivity index (χ3v) is 4.21. The van der Waals surface area contributed by atoms with Crippen molar-refractivity contribution in [1.29, 1.82) is 0 Å². The lowest BCUT2D eigenvalue weighted by molar-refractivity contribution is 0.298. The van der Waals surface area contributed by atoms with Gasteiger partial charge in [-0.1, -0.05) is 52.0 Å². The Hall–Kier alpha value is -0.820. The number of piperidine rings is 1. The molecule has 0 amide bonds. The molecule has 1 nitrogen and oxygen atoms in total. The topological polar surface area (TPSA) is 12.0 Å². The van der Waals surface area contributed by atoms with Crippen molar-refractivity contribution in [3.63, 3.8) is 0 Å². The van der Waals surface area contributed by atoms with Crippen LogP contribution in [0.5, 0.6) is 0 Å². The Morgan fingerprint density at radius 2 is 1.83 bits per heavy atom. The molecule has 2 unspecified atom stereocenters. The first-order valence-corrected chi connectivity index (χ1v) is 7.29. The molecular formula is C17H27N. The summed E-state index contributed by atoms with van der Waals surface area (Å²) >= 11 is 0. The molecule has 1 fully saturated rings. The molecule has 0 aromatic heterocycles. The second-order valence-electron chi connectivity index (χ2n) is 6.83. The molecule has 100 valence electrons. The van der Waals surface area contributed by atoms with Crippen LogP contribution in [0, 0.1) is 5.92 Å². The molecule has 2 rings (SSSR count). The van der Waals surface area contributed by atoms with Crippen LogP contribution in [0.4, 0.5) is 0 Å². The number of hydrogen-bond donors (Lipinski definition) is 1. The van der Waals surface area contributed by atoms with Gasteiger partial charge in [-0.2, -0.15) is 0 Å².